The highest BCUT2D eigenvalue weighted by atomic mass is 16.5. The standard InChI is InChI=1S/C21H28N6O3/c1-5-6-11-27-18(22)17(20(28)24-21(27)29)26(4)12-16-23-19(25-30-16)15-9-7-14(8-10-15)13(2)3/h7-10,13H,5-6,11-12,22H2,1-4H3,(H,24,28,29). The quantitative estimate of drug-likeness (QED) is 0.583. The van der Waals surface area contributed by atoms with Crippen LogP contribution >= 0.6 is 0 Å². The maximum absolute atomic E-state index is 12.4. The Bertz CT molecular complexity index is 1110. The number of unbranched alkanes of at least 4 members (excludes halogenated alkanes) is 1. The molecule has 0 aliphatic rings. The van der Waals surface area contributed by atoms with E-state index in [2.05, 4.69) is 29.0 Å². The number of hydrogen-bond donors (Lipinski definition) is 2. The van der Waals surface area contributed by atoms with Gasteiger partial charge in [0.25, 0.3) is 5.56 Å². The lowest BCUT2D eigenvalue weighted by Crippen LogP contribution is -2.37. The lowest BCUT2D eigenvalue weighted by atomic mass is 10.0. The minimum Gasteiger partial charge on any atom is -0.383 e. The predicted octanol–water partition coefficient (Wildman–Crippen LogP) is 2.73. The van der Waals surface area contributed by atoms with E-state index in [0.717, 1.165) is 18.4 Å². The van der Waals surface area contributed by atoms with Crippen LogP contribution in [-0.4, -0.2) is 26.7 Å². The molecule has 0 unspecified atom stereocenters. The summed E-state index contributed by atoms with van der Waals surface area (Å²) in [4.78, 5) is 32.8. The van der Waals surface area contributed by atoms with Gasteiger partial charge in [-0.05, 0) is 17.9 Å². The number of hydrogen-bond acceptors (Lipinski definition) is 7. The largest absolute Gasteiger partial charge is 0.383 e. The molecule has 2 heterocycles. The highest BCUT2D eigenvalue weighted by molar-refractivity contribution is 5.62. The van der Waals surface area contributed by atoms with Crippen molar-refractivity contribution in [2.75, 3.05) is 17.7 Å². The van der Waals surface area contributed by atoms with Crippen LogP contribution in [0.3, 0.4) is 0 Å². The van der Waals surface area contributed by atoms with Gasteiger partial charge in [0.1, 0.15) is 11.5 Å². The van der Waals surface area contributed by atoms with Crippen LogP contribution in [0.2, 0.25) is 0 Å². The van der Waals surface area contributed by atoms with E-state index in [1.54, 1.807) is 11.9 Å². The molecule has 0 bridgehead atoms. The Morgan fingerprint density at radius 3 is 2.57 bits per heavy atom. The number of aromatic amines is 1. The molecule has 30 heavy (non-hydrogen) atoms. The molecule has 0 atom stereocenters. The van der Waals surface area contributed by atoms with Crippen molar-refractivity contribution < 1.29 is 4.52 Å². The van der Waals surface area contributed by atoms with Crippen LogP contribution in [0.5, 0.6) is 0 Å². The zero-order valence-corrected chi connectivity index (χ0v) is 17.8. The number of aromatic nitrogens is 4. The van der Waals surface area contributed by atoms with Crippen molar-refractivity contribution in [1.29, 1.82) is 0 Å². The summed E-state index contributed by atoms with van der Waals surface area (Å²) in [6.45, 7) is 6.90. The number of rotatable bonds is 8. The fourth-order valence-corrected chi connectivity index (χ4v) is 3.22. The van der Waals surface area contributed by atoms with Crippen molar-refractivity contribution in [2.24, 2.45) is 0 Å². The van der Waals surface area contributed by atoms with E-state index in [-0.39, 0.29) is 18.1 Å². The summed E-state index contributed by atoms with van der Waals surface area (Å²) in [5, 5.41) is 4.04. The fourth-order valence-electron chi connectivity index (χ4n) is 3.22. The first-order valence-corrected chi connectivity index (χ1v) is 10.1. The predicted molar refractivity (Wildman–Crippen MR) is 117 cm³/mol. The molecule has 0 fully saturated rings. The molecule has 0 saturated carbocycles. The third kappa shape index (κ3) is 4.45. The molecule has 1 aromatic carbocycles. The van der Waals surface area contributed by atoms with Gasteiger partial charge >= 0.3 is 5.69 Å². The van der Waals surface area contributed by atoms with Crippen LogP contribution in [-0.2, 0) is 13.1 Å². The van der Waals surface area contributed by atoms with Gasteiger partial charge in [-0.2, -0.15) is 4.98 Å². The van der Waals surface area contributed by atoms with Crippen LogP contribution in [0.1, 0.15) is 51.0 Å². The van der Waals surface area contributed by atoms with Crippen molar-refractivity contribution in [1.82, 2.24) is 19.7 Å². The number of nitrogens with zero attached hydrogens (tertiary/aromatic N) is 4. The lowest BCUT2D eigenvalue weighted by Gasteiger charge is -2.20. The number of anilines is 2. The van der Waals surface area contributed by atoms with E-state index in [1.165, 1.54) is 10.1 Å². The van der Waals surface area contributed by atoms with Crippen molar-refractivity contribution in [3.05, 3.63) is 56.6 Å². The van der Waals surface area contributed by atoms with Gasteiger partial charge in [0.2, 0.25) is 11.7 Å². The van der Waals surface area contributed by atoms with E-state index in [9.17, 15) is 9.59 Å². The number of nitrogens with two attached hydrogens (primary N) is 1. The molecule has 9 nitrogen and oxygen atoms in total. The maximum atomic E-state index is 12.4. The average molecular weight is 412 g/mol. The third-order valence-corrected chi connectivity index (χ3v) is 5.01. The first kappa shape index (κ1) is 21.4. The molecule has 0 spiro atoms. The second kappa shape index (κ2) is 8.98. The van der Waals surface area contributed by atoms with E-state index in [4.69, 9.17) is 10.3 Å². The second-order valence-electron chi connectivity index (χ2n) is 7.64. The normalized spacial score (nSPS) is 11.2. The van der Waals surface area contributed by atoms with Crippen LogP contribution in [0.4, 0.5) is 11.5 Å². The van der Waals surface area contributed by atoms with Gasteiger partial charge in [0, 0.05) is 19.2 Å². The molecule has 3 aromatic rings. The summed E-state index contributed by atoms with van der Waals surface area (Å²) >= 11 is 0. The summed E-state index contributed by atoms with van der Waals surface area (Å²) in [6.07, 6.45) is 1.68. The Balaban J connectivity index is 1.82. The Labute approximate surface area is 174 Å². The molecule has 3 N–H and O–H groups in total. The minimum absolute atomic E-state index is 0.128. The molecule has 3 rings (SSSR count). The lowest BCUT2D eigenvalue weighted by molar-refractivity contribution is 0.378. The van der Waals surface area contributed by atoms with Gasteiger partial charge < -0.3 is 15.2 Å². The van der Waals surface area contributed by atoms with Gasteiger partial charge in [-0.1, -0.05) is 56.6 Å². The van der Waals surface area contributed by atoms with Crippen LogP contribution in [0.25, 0.3) is 11.4 Å². The topological polar surface area (TPSA) is 123 Å². The molecule has 0 aliphatic heterocycles. The Kier molecular flexibility index (Phi) is 6.39. The second-order valence-corrected chi connectivity index (χ2v) is 7.64. The van der Waals surface area contributed by atoms with Crippen LogP contribution in [0.15, 0.2) is 38.4 Å². The van der Waals surface area contributed by atoms with Crippen molar-refractivity contribution in [2.45, 2.75) is 52.6 Å². The van der Waals surface area contributed by atoms with Crippen LogP contribution in [0, 0.1) is 0 Å². The number of benzene rings is 1. The van der Waals surface area contributed by atoms with Crippen molar-refractivity contribution >= 4 is 11.5 Å². The summed E-state index contributed by atoms with van der Waals surface area (Å²) in [7, 11) is 1.69. The maximum Gasteiger partial charge on any atom is 0.330 e. The average Bonchev–Trinajstić information content (AvgIpc) is 3.16. The smallest absolute Gasteiger partial charge is 0.330 e. The van der Waals surface area contributed by atoms with Crippen molar-refractivity contribution in [3.8, 4) is 11.4 Å². The zero-order valence-electron chi connectivity index (χ0n) is 17.8. The summed E-state index contributed by atoms with van der Waals surface area (Å²) in [6, 6.07) is 8.00. The minimum atomic E-state index is -0.545. The fraction of sp³-hybridized carbons (Fsp3) is 0.429. The van der Waals surface area contributed by atoms with Gasteiger partial charge in [0.05, 0.1) is 6.54 Å². The SMILES string of the molecule is CCCCn1c(N)c(N(C)Cc2nc(-c3ccc(C(C)C)cc3)no2)c(=O)[nH]c1=O. The van der Waals surface area contributed by atoms with Gasteiger partial charge in [-0.25, -0.2) is 4.79 Å². The molecule has 160 valence electrons. The summed E-state index contributed by atoms with van der Waals surface area (Å²) < 4.78 is 6.74. The first-order valence-electron chi connectivity index (χ1n) is 10.1. The highest BCUT2D eigenvalue weighted by Crippen LogP contribution is 2.22. The van der Waals surface area contributed by atoms with E-state index in [1.807, 2.05) is 31.2 Å². The Morgan fingerprint density at radius 2 is 1.93 bits per heavy atom. The number of nitrogen functional groups attached to an aromatic ring is 1. The summed E-state index contributed by atoms with van der Waals surface area (Å²) in [5.41, 5.74) is 7.38. The first-order chi connectivity index (χ1) is 14.3. The monoisotopic (exact) mass is 412 g/mol. The van der Waals surface area contributed by atoms with E-state index in [0.29, 0.717) is 24.2 Å². The van der Waals surface area contributed by atoms with E-state index < -0.39 is 11.2 Å². The van der Waals surface area contributed by atoms with Crippen LogP contribution < -0.4 is 21.9 Å². The zero-order chi connectivity index (χ0) is 21.8. The molecular formula is C21H28N6O3. The van der Waals surface area contributed by atoms with Gasteiger partial charge in [-0.15, -0.1) is 0 Å². The molecule has 0 amide bonds. The van der Waals surface area contributed by atoms with Gasteiger partial charge in [0.15, 0.2) is 0 Å². The Morgan fingerprint density at radius 1 is 1.23 bits per heavy atom. The molecule has 9 heteroatoms. The number of H-pyrrole nitrogens is 1. The molecule has 2 aromatic heterocycles. The summed E-state index contributed by atoms with van der Waals surface area (Å²) in [5.74, 6) is 1.38. The van der Waals surface area contributed by atoms with Crippen molar-refractivity contribution in [3.63, 3.8) is 0 Å². The Hall–Kier alpha value is -3.36. The molecule has 0 radical (unpaired) electrons. The molecular weight excluding hydrogens is 384 g/mol. The molecule has 0 aliphatic carbocycles. The van der Waals surface area contributed by atoms with E-state index >= 15 is 0 Å². The third-order valence-electron chi connectivity index (χ3n) is 5.01. The number of nitrogens with one attached hydrogen (secondary N) is 1. The van der Waals surface area contributed by atoms with Gasteiger partial charge in [-0.3, -0.25) is 14.3 Å². The highest BCUT2D eigenvalue weighted by Gasteiger charge is 2.19. The molecule has 0 saturated heterocycles.